The van der Waals surface area contributed by atoms with Crippen LogP contribution >= 0.6 is 0 Å². The van der Waals surface area contributed by atoms with Crippen LogP contribution in [0.1, 0.15) is 45.4 Å². The van der Waals surface area contributed by atoms with Gasteiger partial charge in [0, 0.05) is 22.7 Å². The van der Waals surface area contributed by atoms with Crippen LogP contribution in [0.5, 0.6) is 17.2 Å². The summed E-state index contributed by atoms with van der Waals surface area (Å²) in [6.45, 7) is 4.47. The summed E-state index contributed by atoms with van der Waals surface area (Å²) in [5, 5.41) is 3.37. The molecule has 1 atom stereocenters. The number of carbonyl (C=O) groups is 2. The molecule has 2 aliphatic rings. The molecule has 6 rings (SSSR count). The van der Waals surface area contributed by atoms with Crippen molar-refractivity contribution in [2.24, 2.45) is 0 Å². The van der Waals surface area contributed by atoms with Crippen molar-refractivity contribution in [1.29, 1.82) is 0 Å². The molecule has 3 heterocycles. The van der Waals surface area contributed by atoms with Gasteiger partial charge in [-0.1, -0.05) is 12.1 Å². The number of anilines is 1. The third kappa shape index (κ3) is 3.57. The van der Waals surface area contributed by atoms with Crippen LogP contribution in [0.15, 0.2) is 59.0 Å². The molecule has 3 aromatic carbocycles. The van der Waals surface area contributed by atoms with Crippen molar-refractivity contribution >= 4 is 28.3 Å². The van der Waals surface area contributed by atoms with E-state index in [4.69, 9.17) is 18.6 Å². The molecule has 1 amide bonds. The summed E-state index contributed by atoms with van der Waals surface area (Å²) in [5.41, 5.74) is 1.63. The van der Waals surface area contributed by atoms with E-state index in [1.165, 1.54) is 12.1 Å². The summed E-state index contributed by atoms with van der Waals surface area (Å²) in [7, 11) is 0. The molecular formula is C28H22FNO6. The van der Waals surface area contributed by atoms with Gasteiger partial charge in [0.15, 0.2) is 23.0 Å². The van der Waals surface area contributed by atoms with Gasteiger partial charge in [-0.05, 0) is 55.8 Å². The Balaban J connectivity index is 1.34. The van der Waals surface area contributed by atoms with Crippen molar-refractivity contribution < 1.29 is 32.6 Å². The molecule has 0 bridgehead atoms. The number of ether oxygens (including phenoxy) is 3. The highest BCUT2D eigenvalue weighted by molar-refractivity contribution is 6.14. The molecule has 2 aliphatic heterocycles. The zero-order chi connectivity index (χ0) is 25.0. The lowest BCUT2D eigenvalue weighted by atomic mass is 9.84. The molecule has 0 aliphatic carbocycles. The molecule has 7 nitrogen and oxygen atoms in total. The number of carbonyl (C=O) groups excluding carboxylic acids is 2. The SMILES string of the molecule is Cc1c(C(=O)Nc2ccc3c(c2)OCCO3)oc2ccc3c(c12)C(=O)C[C@@](C)(c1ccc(F)cc1)O3. The number of benzene rings is 3. The van der Waals surface area contributed by atoms with Gasteiger partial charge in [-0.3, -0.25) is 9.59 Å². The van der Waals surface area contributed by atoms with Crippen molar-refractivity contribution in [3.05, 3.63) is 82.9 Å². The van der Waals surface area contributed by atoms with Gasteiger partial charge in [-0.2, -0.15) is 0 Å². The monoisotopic (exact) mass is 487 g/mol. The summed E-state index contributed by atoms with van der Waals surface area (Å²) in [5.74, 6) is 0.730. The third-order valence-corrected chi connectivity index (χ3v) is 6.63. The summed E-state index contributed by atoms with van der Waals surface area (Å²) in [4.78, 5) is 26.5. The molecule has 0 spiro atoms. The molecular weight excluding hydrogens is 465 g/mol. The quantitative estimate of drug-likeness (QED) is 0.394. The van der Waals surface area contributed by atoms with E-state index in [0.717, 1.165) is 0 Å². The van der Waals surface area contributed by atoms with Gasteiger partial charge in [0.25, 0.3) is 5.91 Å². The lowest BCUT2D eigenvalue weighted by molar-refractivity contribution is 0.0507. The predicted octanol–water partition coefficient (Wildman–Crippen LogP) is 5.78. The summed E-state index contributed by atoms with van der Waals surface area (Å²) in [6, 6.07) is 14.4. The van der Waals surface area contributed by atoms with Crippen LogP contribution in [0.2, 0.25) is 0 Å². The zero-order valence-electron chi connectivity index (χ0n) is 19.6. The fourth-order valence-corrected chi connectivity index (χ4v) is 4.85. The first-order valence-corrected chi connectivity index (χ1v) is 11.6. The Morgan fingerprint density at radius 3 is 2.47 bits per heavy atom. The van der Waals surface area contributed by atoms with E-state index in [9.17, 15) is 14.0 Å². The van der Waals surface area contributed by atoms with Crippen molar-refractivity contribution in [1.82, 2.24) is 0 Å². The normalized spacial score (nSPS) is 18.5. The lowest BCUT2D eigenvalue weighted by Crippen LogP contribution is -2.36. The van der Waals surface area contributed by atoms with E-state index >= 15 is 0 Å². The first-order chi connectivity index (χ1) is 17.3. The van der Waals surface area contributed by atoms with Gasteiger partial charge >= 0.3 is 0 Å². The van der Waals surface area contributed by atoms with E-state index in [1.54, 1.807) is 56.3 Å². The zero-order valence-corrected chi connectivity index (χ0v) is 19.6. The van der Waals surface area contributed by atoms with Crippen LogP contribution in [0, 0.1) is 12.7 Å². The number of halogens is 1. The highest BCUT2D eigenvalue weighted by atomic mass is 19.1. The molecule has 1 N–H and O–H groups in total. The molecule has 0 saturated carbocycles. The van der Waals surface area contributed by atoms with Crippen LogP contribution in [-0.2, 0) is 5.60 Å². The van der Waals surface area contributed by atoms with Crippen molar-refractivity contribution in [3.8, 4) is 17.2 Å². The maximum atomic E-state index is 13.4. The van der Waals surface area contributed by atoms with Crippen molar-refractivity contribution in [3.63, 3.8) is 0 Å². The Morgan fingerprint density at radius 2 is 1.69 bits per heavy atom. The maximum absolute atomic E-state index is 13.4. The number of furan rings is 1. The van der Waals surface area contributed by atoms with Crippen molar-refractivity contribution in [2.45, 2.75) is 25.9 Å². The molecule has 0 saturated heterocycles. The summed E-state index contributed by atoms with van der Waals surface area (Å²) in [6.07, 6.45) is 0.0636. The number of amides is 1. The largest absolute Gasteiger partial charge is 0.486 e. The maximum Gasteiger partial charge on any atom is 0.291 e. The van der Waals surface area contributed by atoms with Gasteiger partial charge < -0.3 is 23.9 Å². The average molecular weight is 487 g/mol. The standard InChI is InChI=1S/C28H22FNO6/c1-15-24-21(35-26(15)27(32)30-18-7-8-20-23(13-18)34-12-11-33-20)9-10-22-25(24)19(31)14-28(2,36-22)16-3-5-17(29)6-4-16/h3-10,13H,11-12,14H2,1-2H3,(H,30,32)/t28-/m0/s1. The predicted molar refractivity (Wildman–Crippen MR) is 130 cm³/mol. The van der Waals surface area contributed by atoms with Crippen LogP contribution in [0.4, 0.5) is 10.1 Å². The number of fused-ring (bicyclic) bond motifs is 4. The number of ketones is 1. The van der Waals surface area contributed by atoms with Gasteiger partial charge in [-0.25, -0.2) is 4.39 Å². The van der Waals surface area contributed by atoms with Crippen molar-refractivity contribution in [2.75, 3.05) is 18.5 Å². The Hall–Kier alpha value is -4.33. The van der Waals surface area contributed by atoms with E-state index in [1.807, 2.05) is 0 Å². The number of Topliss-reactive ketones (excluding diaryl/α,β-unsaturated/α-hetero) is 1. The number of rotatable bonds is 3. The Morgan fingerprint density at radius 1 is 0.972 bits per heavy atom. The number of nitrogens with one attached hydrogen (secondary N) is 1. The first-order valence-electron chi connectivity index (χ1n) is 11.6. The highest BCUT2D eigenvalue weighted by Crippen LogP contribution is 2.44. The topological polar surface area (TPSA) is 87.0 Å². The molecule has 8 heteroatoms. The second-order valence-corrected chi connectivity index (χ2v) is 9.12. The minimum atomic E-state index is -0.943. The van der Waals surface area contributed by atoms with Crippen LogP contribution in [0.3, 0.4) is 0 Å². The fraction of sp³-hybridized carbons (Fsp3) is 0.214. The third-order valence-electron chi connectivity index (χ3n) is 6.63. The minimum Gasteiger partial charge on any atom is -0.486 e. The van der Waals surface area contributed by atoms with Crippen LogP contribution < -0.4 is 19.5 Å². The van der Waals surface area contributed by atoms with E-state index < -0.39 is 11.5 Å². The Kier molecular flexibility index (Phi) is 5.00. The Bertz CT molecular complexity index is 1540. The van der Waals surface area contributed by atoms with Crippen LogP contribution in [0.25, 0.3) is 11.0 Å². The molecule has 4 aromatic rings. The second-order valence-electron chi connectivity index (χ2n) is 9.12. The van der Waals surface area contributed by atoms with Gasteiger partial charge in [0.2, 0.25) is 0 Å². The van der Waals surface area contributed by atoms with Gasteiger partial charge in [0.05, 0.1) is 12.0 Å². The molecule has 0 fully saturated rings. The second kappa shape index (κ2) is 8.12. The summed E-state index contributed by atoms with van der Waals surface area (Å²) < 4.78 is 36.7. The van der Waals surface area contributed by atoms with E-state index in [2.05, 4.69) is 5.32 Å². The number of hydrogen-bond acceptors (Lipinski definition) is 6. The molecule has 1 aromatic heterocycles. The Labute approximate surface area is 205 Å². The highest BCUT2D eigenvalue weighted by Gasteiger charge is 2.40. The first kappa shape index (κ1) is 22.2. The summed E-state index contributed by atoms with van der Waals surface area (Å²) >= 11 is 0. The molecule has 182 valence electrons. The van der Waals surface area contributed by atoms with Gasteiger partial charge in [0.1, 0.15) is 36.0 Å². The van der Waals surface area contributed by atoms with E-state index in [0.29, 0.717) is 63.8 Å². The number of hydrogen-bond donors (Lipinski definition) is 1. The lowest BCUT2D eigenvalue weighted by Gasteiger charge is -2.35. The van der Waals surface area contributed by atoms with E-state index in [-0.39, 0.29) is 23.8 Å². The minimum absolute atomic E-state index is 0.0636. The smallest absolute Gasteiger partial charge is 0.291 e. The number of aryl methyl sites for hydroxylation is 1. The molecule has 36 heavy (non-hydrogen) atoms. The fourth-order valence-electron chi connectivity index (χ4n) is 4.85. The van der Waals surface area contributed by atoms with Crippen LogP contribution in [-0.4, -0.2) is 24.9 Å². The van der Waals surface area contributed by atoms with Gasteiger partial charge in [-0.15, -0.1) is 0 Å². The molecule has 0 radical (unpaired) electrons. The molecule has 0 unspecified atom stereocenters. The average Bonchev–Trinajstić information content (AvgIpc) is 3.20.